The number of alkyl halides is 2. The number of aliphatic hydroxyl groups is 1. The maximum atomic E-state index is 12.5. The van der Waals surface area contributed by atoms with Gasteiger partial charge in [-0.05, 0) is 24.1 Å². The van der Waals surface area contributed by atoms with Crippen molar-refractivity contribution in [3.8, 4) is 0 Å². The fourth-order valence-electron chi connectivity index (χ4n) is 2.66. The van der Waals surface area contributed by atoms with E-state index < -0.39 is 11.3 Å². The highest BCUT2D eigenvalue weighted by atomic mass is 19.3. The number of nitro benzene ring substituents is 1. The van der Waals surface area contributed by atoms with Crippen LogP contribution in [0.15, 0.2) is 18.2 Å². The summed E-state index contributed by atoms with van der Waals surface area (Å²) in [4.78, 5) is 14.2. The first-order valence-corrected chi connectivity index (χ1v) is 7.15. The lowest BCUT2D eigenvalue weighted by molar-refractivity contribution is -0.384. The number of aliphatic hydroxyl groups excluding tert-OH is 1. The first kappa shape index (κ1) is 16.6. The fourth-order valence-corrected chi connectivity index (χ4v) is 2.66. The Balaban J connectivity index is 2.18. The lowest BCUT2D eigenvalue weighted by Gasteiger charge is -2.23. The van der Waals surface area contributed by atoms with Gasteiger partial charge in [0.2, 0.25) is 0 Å². The van der Waals surface area contributed by atoms with Crippen molar-refractivity contribution in [1.82, 2.24) is 4.90 Å². The zero-order chi connectivity index (χ0) is 16.1. The van der Waals surface area contributed by atoms with Gasteiger partial charge in [-0.25, -0.2) is 8.78 Å². The average molecular weight is 315 g/mol. The maximum absolute atomic E-state index is 12.5. The molecule has 8 heteroatoms. The van der Waals surface area contributed by atoms with Crippen molar-refractivity contribution in [2.24, 2.45) is 0 Å². The minimum Gasteiger partial charge on any atom is -0.392 e. The lowest BCUT2D eigenvalue weighted by Crippen LogP contribution is -2.33. The van der Waals surface area contributed by atoms with Crippen LogP contribution in [0.25, 0.3) is 0 Å². The third-order valence-corrected chi connectivity index (χ3v) is 3.74. The number of halogens is 2. The Morgan fingerprint density at radius 1 is 1.27 bits per heavy atom. The van der Waals surface area contributed by atoms with E-state index in [1.807, 2.05) is 4.90 Å². The van der Waals surface area contributed by atoms with Gasteiger partial charge in [0, 0.05) is 32.2 Å². The molecular formula is C14H19F2N3O3. The van der Waals surface area contributed by atoms with Crippen LogP contribution in [0.5, 0.6) is 0 Å². The second kappa shape index (κ2) is 7.46. The predicted octanol–water partition coefficient (Wildman–Crippen LogP) is 1.86. The highest BCUT2D eigenvalue weighted by molar-refractivity contribution is 5.64. The summed E-state index contributed by atoms with van der Waals surface area (Å²) in [6.45, 7) is 1.53. The van der Waals surface area contributed by atoms with E-state index in [0.717, 1.165) is 0 Å². The zero-order valence-electron chi connectivity index (χ0n) is 12.1. The van der Waals surface area contributed by atoms with E-state index in [9.17, 15) is 24.0 Å². The second-order valence-corrected chi connectivity index (χ2v) is 5.27. The van der Waals surface area contributed by atoms with Gasteiger partial charge in [0.1, 0.15) is 5.69 Å². The van der Waals surface area contributed by atoms with Gasteiger partial charge in [-0.3, -0.25) is 15.0 Å². The largest absolute Gasteiger partial charge is 0.392 e. The molecule has 0 unspecified atom stereocenters. The Hall–Kier alpha value is -1.80. The smallest absolute Gasteiger partial charge is 0.292 e. The van der Waals surface area contributed by atoms with Crippen LogP contribution in [0.3, 0.4) is 0 Å². The van der Waals surface area contributed by atoms with Crippen LogP contribution in [0.4, 0.5) is 20.2 Å². The Morgan fingerprint density at radius 2 is 2.05 bits per heavy atom. The highest BCUT2D eigenvalue weighted by Crippen LogP contribution is 2.30. The van der Waals surface area contributed by atoms with Crippen molar-refractivity contribution in [2.45, 2.75) is 19.5 Å². The third-order valence-electron chi connectivity index (χ3n) is 3.74. The molecule has 1 aliphatic rings. The number of anilines is 1. The Morgan fingerprint density at radius 3 is 2.68 bits per heavy atom. The van der Waals surface area contributed by atoms with E-state index in [4.69, 9.17) is 0 Å². The van der Waals surface area contributed by atoms with Crippen LogP contribution in [-0.4, -0.2) is 54.1 Å². The molecule has 1 aliphatic heterocycles. The molecule has 2 rings (SSSR count). The molecule has 0 amide bonds. The summed E-state index contributed by atoms with van der Waals surface area (Å²) in [6, 6.07) is 4.49. The van der Waals surface area contributed by atoms with Gasteiger partial charge >= 0.3 is 0 Å². The maximum Gasteiger partial charge on any atom is 0.292 e. The van der Waals surface area contributed by atoms with Crippen LogP contribution < -0.4 is 4.90 Å². The summed E-state index contributed by atoms with van der Waals surface area (Å²) < 4.78 is 24.9. The second-order valence-electron chi connectivity index (χ2n) is 5.27. The molecule has 22 heavy (non-hydrogen) atoms. The first-order valence-electron chi connectivity index (χ1n) is 7.15. The van der Waals surface area contributed by atoms with E-state index in [-0.39, 0.29) is 18.8 Å². The molecule has 1 aromatic carbocycles. The Bertz CT molecular complexity index is 528. The molecule has 0 aromatic heterocycles. The van der Waals surface area contributed by atoms with E-state index >= 15 is 0 Å². The molecule has 0 spiro atoms. The molecular weight excluding hydrogens is 296 g/mol. The lowest BCUT2D eigenvalue weighted by atomic mass is 10.1. The number of rotatable bonds is 5. The van der Waals surface area contributed by atoms with Crippen molar-refractivity contribution in [3.63, 3.8) is 0 Å². The normalized spacial score (nSPS) is 16.8. The van der Waals surface area contributed by atoms with E-state index in [1.165, 1.54) is 12.1 Å². The molecule has 1 fully saturated rings. The molecule has 1 heterocycles. The average Bonchev–Trinajstić information content (AvgIpc) is 2.71. The van der Waals surface area contributed by atoms with Crippen molar-refractivity contribution in [1.29, 1.82) is 0 Å². The minimum atomic E-state index is -2.38. The van der Waals surface area contributed by atoms with Crippen molar-refractivity contribution >= 4 is 11.4 Å². The van der Waals surface area contributed by atoms with Crippen LogP contribution >= 0.6 is 0 Å². The van der Waals surface area contributed by atoms with Gasteiger partial charge in [-0.1, -0.05) is 0 Å². The minimum absolute atomic E-state index is 0.0282. The molecule has 1 saturated heterocycles. The van der Waals surface area contributed by atoms with Crippen LogP contribution in [0.1, 0.15) is 12.0 Å². The van der Waals surface area contributed by atoms with Gasteiger partial charge in [0.15, 0.2) is 0 Å². The SMILES string of the molecule is O=[N+]([O-])c1ccc(CO)cc1N1CCCN(CC(F)F)CC1. The summed E-state index contributed by atoms with van der Waals surface area (Å²) in [5, 5.41) is 20.4. The fraction of sp³-hybridized carbons (Fsp3) is 0.571. The summed E-state index contributed by atoms with van der Waals surface area (Å²) in [6.07, 6.45) is -1.72. The van der Waals surface area contributed by atoms with Crippen LogP contribution in [0, 0.1) is 10.1 Å². The number of nitrogens with zero attached hydrogens (tertiary/aromatic N) is 3. The van der Waals surface area contributed by atoms with Gasteiger partial charge < -0.3 is 10.0 Å². The van der Waals surface area contributed by atoms with E-state index in [0.29, 0.717) is 43.9 Å². The molecule has 1 N–H and O–H groups in total. The number of hydrogen-bond donors (Lipinski definition) is 1. The van der Waals surface area contributed by atoms with Crippen molar-refractivity contribution in [2.75, 3.05) is 37.6 Å². The monoisotopic (exact) mass is 315 g/mol. The molecule has 0 radical (unpaired) electrons. The molecule has 0 saturated carbocycles. The summed E-state index contributed by atoms with van der Waals surface area (Å²) >= 11 is 0. The van der Waals surface area contributed by atoms with E-state index in [1.54, 1.807) is 11.0 Å². The van der Waals surface area contributed by atoms with Crippen LogP contribution in [-0.2, 0) is 6.61 Å². The van der Waals surface area contributed by atoms with Gasteiger partial charge in [0.05, 0.1) is 18.1 Å². The molecule has 0 aliphatic carbocycles. The molecule has 0 atom stereocenters. The molecule has 6 nitrogen and oxygen atoms in total. The van der Waals surface area contributed by atoms with Crippen LogP contribution in [0.2, 0.25) is 0 Å². The Labute approximate surface area is 127 Å². The third kappa shape index (κ3) is 4.11. The summed E-state index contributed by atoms with van der Waals surface area (Å²) in [5.41, 5.74) is 1.00. The van der Waals surface area contributed by atoms with Gasteiger partial charge in [-0.15, -0.1) is 0 Å². The Kier molecular flexibility index (Phi) is 5.62. The quantitative estimate of drug-likeness (QED) is 0.663. The number of hydrogen-bond acceptors (Lipinski definition) is 5. The number of nitro groups is 1. The van der Waals surface area contributed by atoms with Crippen molar-refractivity contribution in [3.05, 3.63) is 33.9 Å². The van der Waals surface area contributed by atoms with Gasteiger partial charge in [0.25, 0.3) is 12.1 Å². The van der Waals surface area contributed by atoms with Crippen molar-refractivity contribution < 1.29 is 18.8 Å². The standard InChI is InChI=1S/C14H19F2N3O3/c15-14(16)9-17-4-1-5-18(7-6-17)13-8-11(10-20)2-3-12(13)19(21)22/h2-3,8,14,20H,1,4-7,9-10H2. The van der Waals surface area contributed by atoms with E-state index in [2.05, 4.69) is 0 Å². The first-order chi connectivity index (χ1) is 10.5. The topological polar surface area (TPSA) is 69.8 Å². The zero-order valence-corrected chi connectivity index (χ0v) is 12.1. The highest BCUT2D eigenvalue weighted by Gasteiger charge is 2.23. The van der Waals surface area contributed by atoms with Gasteiger partial charge in [-0.2, -0.15) is 0 Å². The molecule has 0 bridgehead atoms. The molecule has 122 valence electrons. The molecule has 1 aromatic rings. The summed E-state index contributed by atoms with van der Waals surface area (Å²) in [5.74, 6) is 0. The number of benzene rings is 1. The predicted molar refractivity (Wildman–Crippen MR) is 78.3 cm³/mol. The summed E-state index contributed by atoms with van der Waals surface area (Å²) in [7, 11) is 0.